The van der Waals surface area contributed by atoms with Crippen molar-refractivity contribution in [2.75, 3.05) is 39.3 Å². The van der Waals surface area contributed by atoms with E-state index < -0.39 is 0 Å². The van der Waals surface area contributed by atoms with Crippen molar-refractivity contribution in [1.82, 2.24) is 9.80 Å². The van der Waals surface area contributed by atoms with Crippen molar-refractivity contribution in [3.63, 3.8) is 0 Å². The first-order valence-electron chi connectivity index (χ1n) is 6.33. The van der Waals surface area contributed by atoms with E-state index in [0.29, 0.717) is 12.0 Å². The third kappa shape index (κ3) is 4.49. The van der Waals surface area contributed by atoms with Gasteiger partial charge in [0.2, 0.25) is 0 Å². The highest BCUT2D eigenvalue weighted by molar-refractivity contribution is 4.73. The van der Waals surface area contributed by atoms with Crippen molar-refractivity contribution in [2.24, 2.45) is 11.7 Å². The molecule has 3 heteroatoms. The summed E-state index contributed by atoms with van der Waals surface area (Å²) in [5.74, 6) is 0.613. The Morgan fingerprint density at radius 1 is 1.07 bits per heavy atom. The quantitative estimate of drug-likeness (QED) is 0.739. The van der Waals surface area contributed by atoms with Gasteiger partial charge in [0.15, 0.2) is 0 Å². The molecule has 2 N–H and O–H groups in total. The summed E-state index contributed by atoms with van der Waals surface area (Å²) in [5, 5.41) is 0. The van der Waals surface area contributed by atoms with Crippen LogP contribution in [0.2, 0.25) is 0 Å². The number of nitrogens with two attached hydrogens (primary N) is 1. The summed E-state index contributed by atoms with van der Waals surface area (Å²) < 4.78 is 0. The zero-order valence-electron chi connectivity index (χ0n) is 10.6. The lowest BCUT2D eigenvalue weighted by molar-refractivity contribution is 0.132. The number of hydrogen-bond donors (Lipinski definition) is 1. The summed E-state index contributed by atoms with van der Waals surface area (Å²) in [6, 6.07) is 0.370. The Bertz CT molecular complexity index is 162. The molecule has 0 aliphatic carbocycles. The third-order valence-corrected chi connectivity index (χ3v) is 3.55. The van der Waals surface area contributed by atoms with E-state index in [1.807, 2.05) is 0 Å². The average Bonchev–Trinajstić information content (AvgIpc) is 2.26. The van der Waals surface area contributed by atoms with Crippen molar-refractivity contribution in [2.45, 2.75) is 33.2 Å². The molecule has 0 aromatic carbocycles. The molecule has 0 unspecified atom stereocenters. The molecule has 0 aromatic rings. The molecule has 0 saturated carbocycles. The molecule has 0 amide bonds. The molecule has 0 spiro atoms. The number of rotatable bonds is 5. The minimum absolute atomic E-state index is 0.370. The van der Waals surface area contributed by atoms with E-state index in [9.17, 15) is 0 Å². The predicted molar refractivity (Wildman–Crippen MR) is 66.0 cm³/mol. The highest BCUT2D eigenvalue weighted by atomic mass is 15.3. The molecule has 0 bridgehead atoms. The van der Waals surface area contributed by atoms with Gasteiger partial charge in [0.05, 0.1) is 0 Å². The fourth-order valence-electron chi connectivity index (χ4n) is 1.99. The van der Waals surface area contributed by atoms with Crippen LogP contribution in [0, 0.1) is 5.92 Å². The van der Waals surface area contributed by atoms with E-state index in [-0.39, 0.29) is 0 Å². The molecule has 1 heterocycles. The molecule has 1 aliphatic rings. The standard InChI is InChI=1S/C12H27N3/c1-4-14-7-9-15(10-8-14)6-5-12(13)11(2)3/h11-12H,4-10,13H2,1-3H3/t12-/m1/s1. The van der Waals surface area contributed by atoms with Crippen molar-refractivity contribution in [1.29, 1.82) is 0 Å². The minimum atomic E-state index is 0.370. The summed E-state index contributed by atoms with van der Waals surface area (Å²) in [4.78, 5) is 5.06. The number of hydrogen-bond acceptors (Lipinski definition) is 3. The lowest BCUT2D eigenvalue weighted by atomic mass is 10.0. The Labute approximate surface area is 94.6 Å². The topological polar surface area (TPSA) is 32.5 Å². The second kappa shape index (κ2) is 6.46. The van der Waals surface area contributed by atoms with Gasteiger partial charge in [-0.25, -0.2) is 0 Å². The van der Waals surface area contributed by atoms with Crippen LogP contribution in [-0.2, 0) is 0 Å². The van der Waals surface area contributed by atoms with Crippen LogP contribution in [0.5, 0.6) is 0 Å². The lowest BCUT2D eigenvalue weighted by Crippen LogP contribution is -2.47. The van der Waals surface area contributed by atoms with Crippen LogP contribution in [-0.4, -0.2) is 55.1 Å². The van der Waals surface area contributed by atoms with E-state index in [1.54, 1.807) is 0 Å². The van der Waals surface area contributed by atoms with E-state index >= 15 is 0 Å². The molecule has 3 nitrogen and oxygen atoms in total. The molecule has 1 rings (SSSR count). The van der Waals surface area contributed by atoms with Crippen molar-refractivity contribution >= 4 is 0 Å². The zero-order valence-corrected chi connectivity index (χ0v) is 10.6. The molecular weight excluding hydrogens is 186 g/mol. The highest BCUT2D eigenvalue weighted by Gasteiger charge is 2.16. The largest absolute Gasteiger partial charge is 0.327 e. The monoisotopic (exact) mass is 213 g/mol. The third-order valence-electron chi connectivity index (χ3n) is 3.55. The van der Waals surface area contributed by atoms with Gasteiger partial charge in [0, 0.05) is 32.2 Å². The first-order valence-corrected chi connectivity index (χ1v) is 6.33. The van der Waals surface area contributed by atoms with Gasteiger partial charge in [-0.3, -0.25) is 0 Å². The molecule has 0 radical (unpaired) electrons. The smallest absolute Gasteiger partial charge is 0.0110 e. The van der Waals surface area contributed by atoms with Crippen molar-refractivity contribution in [3.05, 3.63) is 0 Å². The maximum absolute atomic E-state index is 6.05. The van der Waals surface area contributed by atoms with Crippen LogP contribution in [0.25, 0.3) is 0 Å². The van der Waals surface area contributed by atoms with Gasteiger partial charge in [-0.05, 0) is 25.4 Å². The van der Waals surface area contributed by atoms with Crippen molar-refractivity contribution < 1.29 is 0 Å². The molecule has 15 heavy (non-hydrogen) atoms. The first-order chi connectivity index (χ1) is 7.13. The van der Waals surface area contributed by atoms with Crippen LogP contribution in [0.15, 0.2) is 0 Å². The predicted octanol–water partition coefficient (Wildman–Crippen LogP) is 0.997. The van der Waals surface area contributed by atoms with Gasteiger partial charge in [0.1, 0.15) is 0 Å². The Hall–Kier alpha value is -0.120. The Morgan fingerprint density at radius 3 is 2.07 bits per heavy atom. The molecule has 1 atom stereocenters. The summed E-state index contributed by atoms with van der Waals surface area (Å²) in [6.45, 7) is 13.9. The first kappa shape index (κ1) is 12.9. The number of piperazine rings is 1. The summed E-state index contributed by atoms with van der Waals surface area (Å²) in [7, 11) is 0. The number of nitrogens with zero attached hydrogens (tertiary/aromatic N) is 2. The average molecular weight is 213 g/mol. The maximum atomic E-state index is 6.05. The summed E-state index contributed by atoms with van der Waals surface area (Å²) >= 11 is 0. The van der Waals surface area contributed by atoms with Gasteiger partial charge >= 0.3 is 0 Å². The lowest BCUT2D eigenvalue weighted by Gasteiger charge is -2.34. The normalized spacial score (nSPS) is 22.2. The molecule has 1 saturated heterocycles. The van der Waals surface area contributed by atoms with E-state index in [1.165, 1.54) is 39.3 Å². The SMILES string of the molecule is CCN1CCN(CC[C@@H](N)C(C)C)CC1. The van der Waals surface area contributed by atoms with Crippen LogP contribution >= 0.6 is 0 Å². The number of likely N-dealkylation sites (N-methyl/N-ethyl adjacent to an activating group) is 1. The second-order valence-electron chi connectivity index (χ2n) is 4.97. The van der Waals surface area contributed by atoms with Gasteiger partial charge in [-0.2, -0.15) is 0 Å². The van der Waals surface area contributed by atoms with E-state index in [0.717, 1.165) is 6.42 Å². The van der Waals surface area contributed by atoms with Crippen molar-refractivity contribution in [3.8, 4) is 0 Å². The zero-order chi connectivity index (χ0) is 11.3. The van der Waals surface area contributed by atoms with Crippen LogP contribution in [0.4, 0.5) is 0 Å². The van der Waals surface area contributed by atoms with Crippen LogP contribution in [0.1, 0.15) is 27.2 Å². The summed E-state index contributed by atoms with van der Waals surface area (Å²) in [6.07, 6.45) is 1.14. The fourth-order valence-corrected chi connectivity index (χ4v) is 1.99. The second-order valence-corrected chi connectivity index (χ2v) is 4.97. The Morgan fingerprint density at radius 2 is 1.60 bits per heavy atom. The summed E-state index contributed by atoms with van der Waals surface area (Å²) in [5.41, 5.74) is 6.05. The Kier molecular flexibility index (Phi) is 5.58. The molecular formula is C12H27N3. The molecule has 0 aromatic heterocycles. The van der Waals surface area contributed by atoms with Gasteiger partial charge in [-0.1, -0.05) is 20.8 Å². The van der Waals surface area contributed by atoms with Gasteiger partial charge in [0.25, 0.3) is 0 Å². The Balaban J connectivity index is 2.13. The van der Waals surface area contributed by atoms with Crippen LogP contribution < -0.4 is 5.73 Å². The van der Waals surface area contributed by atoms with Gasteiger partial charge < -0.3 is 15.5 Å². The molecule has 90 valence electrons. The fraction of sp³-hybridized carbons (Fsp3) is 1.00. The molecule has 1 aliphatic heterocycles. The maximum Gasteiger partial charge on any atom is 0.0110 e. The highest BCUT2D eigenvalue weighted by Crippen LogP contribution is 2.06. The minimum Gasteiger partial charge on any atom is -0.327 e. The van der Waals surface area contributed by atoms with Gasteiger partial charge in [-0.15, -0.1) is 0 Å². The van der Waals surface area contributed by atoms with E-state index in [2.05, 4.69) is 30.6 Å². The molecule has 1 fully saturated rings. The van der Waals surface area contributed by atoms with Crippen LogP contribution in [0.3, 0.4) is 0 Å². The van der Waals surface area contributed by atoms with E-state index in [4.69, 9.17) is 5.73 Å².